The summed E-state index contributed by atoms with van der Waals surface area (Å²) >= 11 is 0. The molecule has 1 atom stereocenters. The molecule has 1 rings (SSSR count). The predicted molar refractivity (Wildman–Crippen MR) is 112 cm³/mol. The van der Waals surface area contributed by atoms with Gasteiger partial charge in [-0.3, -0.25) is 0 Å². The van der Waals surface area contributed by atoms with Gasteiger partial charge in [0.1, 0.15) is 9.84 Å². The topological polar surface area (TPSA) is 100 Å². The fourth-order valence-corrected chi connectivity index (χ4v) is 2.82. The zero-order valence-corrected chi connectivity index (χ0v) is 18.2. The SMILES string of the molecule is CCNC(=NCc1cccc(OC)c1O)NC(C)CCS(C)(=O)=O.I. The summed E-state index contributed by atoms with van der Waals surface area (Å²) in [5, 5.41) is 16.4. The van der Waals surface area contributed by atoms with Crippen molar-refractivity contribution in [2.75, 3.05) is 25.7 Å². The maximum absolute atomic E-state index is 11.2. The summed E-state index contributed by atoms with van der Waals surface area (Å²) in [6, 6.07) is 5.20. The number of benzene rings is 1. The molecule has 3 N–H and O–H groups in total. The van der Waals surface area contributed by atoms with Gasteiger partial charge >= 0.3 is 0 Å². The molecular weight excluding hydrogens is 457 g/mol. The van der Waals surface area contributed by atoms with Crippen molar-refractivity contribution in [2.45, 2.75) is 32.9 Å². The predicted octanol–water partition coefficient (Wildman–Crippen LogP) is 1.90. The highest BCUT2D eigenvalue weighted by Crippen LogP contribution is 2.29. The minimum absolute atomic E-state index is 0. The molecule has 0 aliphatic heterocycles. The molecule has 0 bridgehead atoms. The van der Waals surface area contributed by atoms with E-state index >= 15 is 0 Å². The molecule has 0 aromatic heterocycles. The minimum Gasteiger partial charge on any atom is -0.504 e. The van der Waals surface area contributed by atoms with E-state index in [2.05, 4.69) is 15.6 Å². The Bertz CT molecular complexity index is 665. The third kappa shape index (κ3) is 9.15. The van der Waals surface area contributed by atoms with Crippen molar-refractivity contribution in [1.29, 1.82) is 0 Å². The first-order valence-electron chi connectivity index (χ1n) is 7.84. The second kappa shape index (κ2) is 11.4. The van der Waals surface area contributed by atoms with Crippen LogP contribution in [0.3, 0.4) is 0 Å². The highest BCUT2D eigenvalue weighted by atomic mass is 127. The molecule has 0 aliphatic carbocycles. The average Bonchev–Trinajstić information content (AvgIpc) is 2.51. The maximum Gasteiger partial charge on any atom is 0.191 e. The molecule has 25 heavy (non-hydrogen) atoms. The molecule has 0 spiro atoms. The summed E-state index contributed by atoms with van der Waals surface area (Å²) in [5.41, 5.74) is 0.648. The number of nitrogens with one attached hydrogen (secondary N) is 2. The molecule has 1 aromatic carbocycles. The van der Waals surface area contributed by atoms with Gasteiger partial charge in [0, 0.05) is 24.4 Å². The van der Waals surface area contributed by atoms with E-state index in [1.165, 1.54) is 13.4 Å². The molecule has 0 saturated heterocycles. The van der Waals surface area contributed by atoms with Crippen LogP contribution >= 0.6 is 24.0 Å². The molecule has 0 fully saturated rings. The zero-order valence-electron chi connectivity index (χ0n) is 15.1. The zero-order chi connectivity index (χ0) is 18.2. The molecule has 0 radical (unpaired) electrons. The van der Waals surface area contributed by atoms with Crippen LogP contribution in [0.1, 0.15) is 25.8 Å². The number of nitrogens with zero attached hydrogens (tertiary/aromatic N) is 1. The number of aromatic hydroxyl groups is 1. The molecule has 7 nitrogen and oxygen atoms in total. The first kappa shape index (κ1) is 23.8. The van der Waals surface area contributed by atoms with E-state index in [1.807, 2.05) is 13.8 Å². The first-order valence-corrected chi connectivity index (χ1v) is 9.90. The Hall–Kier alpha value is -1.23. The van der Waals surface area contributed by atoms with Crippen molar-refractivity contribution in [1.82, 2.24) is 10.6 Å². The summed E-state index contributed by atoms with van der Waals surface area (Å²) in [6.07, 6.45) is 1.72. The molecule has 1 unspecified atom stereocenters. The number of phenolic OH excluding ortho intramolecular Hbond substituents is 1. The number of halogens is 1. The van der Waals surface area contributed by atoms with E-state index in [1.54, 1.807) is 18.2 Å². The van der Waals surface area contributed by atoms with Crippen molar-refractivity contribution in [2.24, 2.45) is 4.99 Å². The normalized spacial score (nSPS) is 12.9. The van der Waals surface area contributed by atoms with Crippen molar-refractivity contribution in [3.05, 3.63) is 23.8 Å². The third-order valence-corrected chi connectivity index (χ3v) is 4.34. The standard InChI is InChI=1S/C16H27N3O4S.HI/c1-5-17-16(19-12(2)9-10-24(4,21)22)18-11-13-7-6-8-14(23-3)15(13)20;/h6-8,12,20H,5,9-11H2,1-4H3,(H2,17,18,19);1H. The van der Waals surface area contributed by atoms with Gasteiger partial charge in [0.05, 0.1) is 19.4 Å². The van der Waals surface area contributed by atoms with Crippen molar-refractivity contribution < 1.29 is 18.3 Å². The van der Waals surface area contributed by atoms with Gasteiger partial charge in [-0.2, -0.15) is 0 Å². The largest absolute Gasteiger partial charge is 0.504 e. The second-order valence-corrected chi connectivity index (χ2v) is 7.89. The number of ether oxygens (including phenoxy) is 1. The molecule has 144 valence electrons. The van der Waals surface area contributed by atoms with Crippen LogP contribution in [-0.2, 0) is 16.4 Å². The molecular formula is C16H28IN3O4S. The van der Waals surface area contributed by atoms with Crippen LogP contribution in [-0.4, -0.2) is 51.2 Å². The Morgan fingerprint density at radius 3 is 2.64 bits per heavy atom. The Morgan fingerprint density at radius 2 is 2.08 bits per heavy atom. The number of rotatable bonds is 8. The van der Waals surface area contributed by atoms with E-state index in [9.17, 15) is 13.5 Å². The van der Waals surface area contributed by atoms with E-state index in [4.69, 9.17) is 4.74 Å². The number of hydrogen-bond donors (Lipinski definition) is 3. The lowest BCUT2D eigenvalue weighted by Gasteiger charge is -2.17. The van der Waals surface area contributed by atoms with Crippen LogP contribution in [0.2, 0.25) is 0 Å². The lowest BCUT2D eigenvalue weighted by atomic mass is 10.2. The number of para-hydroxylation sites is 1. The Balaban J connectivity index is 0.00000576. The smallest absolute Gasteiger partial charge is 0.191 e. The maximum atomic E-state index is 11.2. The quantitative estimate of drug-likeness (QED) is 0.296. The van der Waals surface area contributed by atoms with Gasteiger partial charge in [0.25, 0.3) is 0 Å². The molecule has 1 aromatic rings. The molecule has 0 saturated carbocycles. The highest BCUT2D eigenvalue weighted by Gasteiger charge is 2.10. The van der Waals surface area contributed by atoms with Crippen molar-refractivity contribution in [3.63, 3.8) is 0 Å². The van der Waals surface area contributed by atoms with Gasteiger partial charge in [-0.25, -0.2) is 13.4 Å². The van der Waals surface area contributed by atoms with Crippen LogP contribution in [0, 0.1) is 0 Å². The van der Waals surface area contributed by atoms with Gasteiger partial charge in [-0.05, 0) is 26.3 Å². The molecule has 0 aliphatic rings. The highest BCUT2D eigenvalue weighted by molar-refractivity contribution is 14.0. The Kier molecular flexibility index (Phi) is 10.8. The number of aliphatic imine (C=N–C) groups is 1. The second-order valence-electron chi connectivity index (χ2n) is 5.63. The average molecular weight is 485 g/mol. The summed E-state index contributed by atoms with van der Waals surface area (Å²) in [4.78, 5) is 4.43. The Labute approximate surface area is 167 Å². The van der Waals surface area contributed by atoms with Gasteiger partial charge in [0.2, 0.25) is 0 Å². The van der Waals surface area contributed by atoms with Crippen LogP contribution in [0.15, 0.2) is 23.2 Å². The third-order valence-electron chi connectivity index (χ3n) is 3.36. The first-order chi connectivity index (χ1) is 11.3. The van der Waals surface area contributed by atoms with Gasteiger partial charge in [-0.1, -0.05) is 12.1 Å². The number of phenols is 1. The van der Waals surface area contributed by atoms with Crippen LogP contribution in [0.5, 0.6) is 11.5 Å². The number of sulfone groups is 1. The van der Waals surface area contributed by atoms with Crippen LogP contribution < -0.4 is 15.4 Å². The summed E-state index contributed by atoms with van der Waals surface area (Å²) in [6.45, 7) is 4.80. The summed E-state index contributed by atoms with van der Waals surface area (Å²) in [5.74, 6) is 1.17. The number of methoxy groups -OCH3 is 1. The molecule has 9 heteroatoms. The summed E-state index contributed by atoms with van der Waals surface area (Å²) in [7, 11) is -1.49. The van der Waals surface area contributed by atoms with Gasteiger partial charge < -0.3 is 20.5 Å². The molecule has 0 amide bonds. The van der Waals surface area contributed by atoms with Gasteiger partial charge in [0.15, 0.2) is 17.5 Å². The summed E-state index contributed by atoms with van der Waals surface area (Å²) < 4.78 is 27.6. The number of guanidine groups is 1. The van der Waals surface area contributed by atoms with E-state index in [0.29, 0.717) is 30.2 Å². The monoisotopic (exact) mass is 485 g/mol. The van der Waals surface area contributed by atoms with Crippen molar-refractivity contribution >= 4 is 39.8 Å². The van der Waals surface area contributed by atoms with E-state index < -0.39 is 9.84 Å². The lowest BCUT2D eigenvalue weighted by Crippen LogP contribution is -2.42. The van der Waals surface area contributed by atoms with Crippen LogP contribution in [0.25, 0.3) is 0 Å². The lowest BCUT2D eigenvalue weighted by molar-refractivity contribution is 0.370. The van der Waals surface area contributed by atoms with E-state index in [0.717, 1.165) is 0 Å². The van der Waals surface area contributed by atoms with E-state index in [-0.39, 0.29) is 48.1 Å². The fraction of sp³-hybridized carbons (Fsp3) is 0.562. The number of hydrogen-bond acceptors (Lipinski definition) is 5. The van der Waals surface area contributed by atoms with Crippen LogP contribution in [0.4, 0.5) is 0 Å². The molecule has 0 heterocycles. The fourth-order valence-electron chi connectivity index (χ4n) is 2.04. The van der Waals surface area contributed by atoms with Gasteiger partial charge in [-0.15, -0.1) is 24.0 Å². The van der Waals surface area contributed by atoms with Crippen molar-refractivity contribution in [3.8, 4) is 11.5 Å². The minimum atomic E-state index is -2.98. The Morgan fingerprint density at radius 1 is 1.40 bits per heavy atom.